The number of hydrogen-bond acceptors (Lipinski definition) is 3. The van der Waals surface area contributed by atoms with E-state index < -0.39 is 0 Å². The number of ether oxygens (including phenoxy) is 1. The summed E-state index contributed by atoms with van der Waals surface area (Å²) in [5, 5.41) is 3.15. The largest absolute Gasteiger partial charge is 0.492 e. The number of pyridine rings is 1. The molecule has 1 N–H and O–H groups in total. The molecule has 0 fully saturated rings. The molecule has 0 aliphatic rings. The molecule has 0 atom stereocenters. The van der Waals surface area contributed by atoms with Crippen LogP contribution in [0.15, 0.2) is 18.3 Å². The standard InChI is InChI=1S/C13H22N2O/c1-12-13(8-7-10-15-12)16-11-6-4-3-5-9-14-2/h7-8,10,14H,3-6,9,11H2,1-2H3. The van der Waals surface area contributed by atoms with E-state index >= 15 is 0 Å². The Bertz CT molecular complexity index is 289. The molecule has 0 saturated carbocycles. The lowest BCUT2D eigenvalue weighted by Gasteiger charge is -2.07. The van der Waals surface area contributed by atoms with Crippen LogP contribution in [0.3, 0.4) is 0 Å². The van der Waals surface area contributed by atoms with Crippen molar-refractivity contribution in [3.05, 3.63) is 24.0 Å². The molecule has 1 heterocycles. The van der Waals surface area contributed by atoms with Crippen molar-refractivity contribution in [2.75, 3.05) is 20.2 Å². The van der Waals surface area contributed by atoms with Gasteiger partial charge in [-0.1, -0.05) is 12.8 Å². The maximum Gasteiger partial charge on any atom is 0.140 e. The summed E-state index contributed by atoms with van der Waals surface area (Å²) in [7, 11) is 1.99. The van der Waals surface area contributed by atoms with Crippen LogP contribution in [0.5, 0.6) is 5.75 Å². The van der Waals surface area contributed by atoms with E-state index in [0.717, 1.165) is 31.0 Å². The predicted octanol–water partition coefficient (Wildman–Crippen LogP) is 2.55. The van der Waals surface area contributed by atoms with Gasteiger partial charge in [-0.25, -0.2) is 0 Å². The molecule has 1 aromatic rings. The summed E-state index contributed by atoms with van der Waals surface area (Å²) >= 11 is 0. The second-order valence-electron chi connectivity index (χ2n) is 3.95. The first kappa shape index (κ1) is 13.0. The molecule has 3 nitrogen and oxygen atoms in total. The van der Waals surface area contributed by atoms with Crippen molar-refractivity contribution in [3.8, 4) is 5.75 Å². The molecule has 90 valence electrons. The van der Waals surface area contributed by atoms with Crippen LogP contribution in [0.25, 0.3) is 0 Å². The van der Waals surface area contributed by atoms with Gasteiger partial charge in [0.2, 0.25) is 0 Å². The second-order valence-corrected chi connectivity index (χ2v) is 3.95. The minimum Gasteiger partial charge on any atom is -0.492 e. The highest BCUT2D eigenvalue weighted by Crippen LogP contribution is 2.14. The van der Waals surface area contributed by atoms with Crippen molar-refractivity contribution >= 4 is 0 Å². The van der Waals surface area contributed by atoms with Crippen molar-refractivity contribution in [3.63, 3.8) is 0 Å². The van der Waals surface area contributed by atoms with Crippen LogP contribution in [0.2, 0.25) is 0 Å². The van der Waals surface area contributed by atoms with Gasteiger partial charge in [-0.05, 0) is 45.5 Å². The third kappa shape index (κ3) is 5.12. The predicted molar refractivity (Wildman–Crippen MR) is 66.9 cm³/mol. The highest BCUT2D eigenvalue weighted by molar-refractivity contribution is 5.25. The van der Waals surface area contributed by atoms with Crippen molar-refractivity contribution in [1.82, 2.24) is 10.3 Å². The maximum atomic E-state index is 5.67. The van der Waals surface area contributed by atoms with E-state index in [1.807, 2.05) is 26.1 Å². The molecule has 0 bridgehead atoms. The molecule has 0 unspecified atom stereocenters. The van der Waals surface area contributed by atoms with Gasteiger partial charge >= 0.3 is 0 Å². The fourth-order valence-electron chi connectivity index (χ4n) is 1.56. The van der Waals surface area contributed by atoms with E-state index in [1.165, 1.54) is 19.3 Å². The van der Waals surface area contributed by atoms with Gasteiger partial charge in [0.1, 0.15) is 5.75 Å². The molecule has 0 amide bonds. The fourth-order valence-corrected chi connectivity index (χ4v) is 1.56. The first-order chi connectivity index (χ1) is 7.84. The highest BCUT2D eigenvalue weighted by Gasteiger charge is 1.98. The van der Waals surface area contributed by atoms with Crippen LogP contribution in [0.4, 0.5) is 0 Å². The summed E-state index contributed by atoms with van der Waals surface area (Å²) in [6.07, 6.45) is 6.68. The molecule has 0 aliphatic carbocycles. The molecule has 0 saturated heterocycles. The fraction of sp³-hybridized carbons (Fsp3) is 0.615. The highest BCUT2D eigenvalue weighted by atomic mass is 16.5. The van der Waals surface area contributed by atoms with Crippen molar-refractivity contribution in [2.24, 2.45) is 0 Å². The summed E-state index contributed by atoms with van der Waals surface area (Å²) in [6, 6.07) is 3.89. The lowest BCUT2D eigenvalue weighted by Crippen LogP contribution is -2.07. The topological polar surface area (TPSA) is 34.1 Å². The summed E-state index contributed by atoms with van der Waals surface area (Å²) in [6.45, 7) is 3.89. The molecule has 0 radical (unpaired) electrons. The minimum atomic E-state index is 0.798. The van der Waals surface area contributed by atoms with Gasteiger partial charge in [0, 0.05) is 6.20 Å². The molecule has 0 aromatic carbocycles. The Balaban J connectivity index is 2.05. The van der Waals surface area contributed by atoms with Crippen molar-refractivity contribution < 1.29 is 4.74 Å². The quantitative estimate of drug-likeness (QED) is 0.686. The third-order valence-electron chi connectivity index (χ3n) is 2.54. The zero-order valence-electron chi connectivity index (χ0n) is 10.3. The van der Waals surface area contributed by atoms with Crippen molar-refractivity contribution in [1.29, 1.82) is 0 Å². The average Bonchev–Trinajstić information content (AvgIpc) is 2.30. The number of rotatable bonds is 8. The van der Waals surface area contributed by atoms with Crippen LogP contribution < -0.4 is 10.1 Å². The molecule has 16 heavy (non-hydrogen) atoms. The number of aryl methyl sites for hydroxylation is 1. The van der Waals surface area contributed by atoms with Gasteiger partial charge < -0.3 is 10.1 Å². The van der Waals surface area contributed by atoms with E-state index in [-0.39, 0.29) is 0 Å². The Hall–Kier alpha value is -1.09. The number of hydrogen-bond donors (Lipinski definition) is 1. The van der Waals surface area contributed by atoms with Crippen molar-refractivity contribution in [2.45, 2.75) is 32.6 Å². The van der Waals surface area contributed by atoms with Crippen LogP contribution in [-0.2, 0) is 0 Å². The molecular formula is C13H22N2O. The molecule has 1 rings (SSSR count). The first-order valence-corrected chi connectivity index (χ1v) is 6.03. The Kier molecular flexibility index (Phi) is 6.58. The van der Waals surface area contributed by atoms with Crippen LogP contribution in [-0.4, -0.2) is 25.2 Å². The van der Waals surface area contributed by atoms with Crippen LogP contribution in [0, 0.1) is 6.92 Å². The third-order valence-corrected chi connectivity index (χ3v) is 2.54. The molecule has 0 aliphatic heterocycles. The van der Waals surface area contributed by atoms with E-state index in [1.54, 1.807) is 6.20 Å². The van der Waals surface area contributed by atoms with Gasteiger partial charge in [0.25, 0.3) is 0 Å². The van der Waals surface area contributed by atoms with Gasteiger partial charge in [0.05, 0.1) is 12.3 Å². The summed E-state index contributed by atoms with van der Waals surface area (Å²) in [5.41, 5.74) is 0.970. The molecule has 0 spiro atoms. The Morgan fingerprint density at radius 3 is 2.81 bits per heavy atom. The number of unbranched alkanes of at least 4 members (excludes halogenated alkanes) is 3. The Labute approximate surface area is 98.2 Å². The zero-order valence-corrected chi connectivity index (χ0v) is 10.3. The molecule has 1 aromatic heterocycles. The van der Waals surface area contributed by atoms with E-state index in [9.17, 15) is 0 Å². The van der Waals surface area contributed by atoms with E-state index in [2.05, 4.69) is 10.3 Å². The van der Waals surface area contributed by atoms with Crippen LogP contribution >= 0.6 is 0 Å². The molecular weight excluding hydrogens is 200 g/mol. The average molecular weight is 222 g/mol. The number of nitrogens with one attached hydrogen (secondary N) is 1. The SMILES string of the molecule is CNCCCCCCOc1cccnc1C. The maximum absolute atomic E-state index is 5.67. The summed E-state index contributed by atoms with van der Waals surface area (Å²) in [5.74, 6) is 0.915. The smallest absolute Gasteiger partial charge is 0.140 e. The normalized spacial score (nSPS) is 10.4. The van der Waals surface area contributed by atoms with Gasteiger partial charge in [0.15, 0.2) is 0 Å². The van der Waals surface area contributed by atoms with E-state index in [4.69, 9.17) is 4.74 Å². The number of aromatic nitrogens is 1. The minimum absolute atomic E-state index is 0.798. The van der Waals surface area contributed by atoms with Gasteiger partial charge in [-0.3, -0.25) is 4.98 Å². The summed E-state index contributed by atoms with van der Waals surface area (Å²) in [4.78, 5) is 4.19. The first-order valence-electron chi connectivity index (χ1n) is 6.03. The van der Waals surface area contributed by atoms with E-state index in [0.29, 0.717) is 0 Å². The van der Waals surface area contributed by atoms with Gasteiger partial charge in [-0.15, -0.1) is 0 Å². The molecule has 3 heteroatoms. The Morgan fingerprint density at radius 1 is 1.25 bits per heavy atom. The van der Waals surface area contributed by atoms with Crippen LogP contribution in [0.1, 0.15) is 31.4 Å². The van der Waals surface area contributed by atoms with Gasteiger partial charge in [-0.2, -0.15) is 0 Å². The number of nitrogens with zero attached hydrogens (tertiary/aromatic N) is 1. The monoisotopic (exact) mass is 222 g/mol. The lowest BCUT2D eigenvalue weighted by molar-refractivity contribution is 0.301. The lowest BCUT2D eigenvalue weighted by atomic mass is 10.2. The summed E-state index contributed by atoms with van der Waals surface area (Å²) < 4.78 is 5.67. The zero-order chi connectivity index (χ0) is 11.6. The Morgan fingerprint density at radius 2 is 2.06 bits per heavy atom. The second kappa shape index (κ2) is 8.11.